The molecule has 0 fully saturated rings. The lowest BCUT2D eigenvalue weighted by Gasteiger charge is -2.15. The molecule has 7 heteroatoms. The summed E-state index contributed by atoms with van der Waals surface area (Å²) >= 11 is 9.21. The lowest BCUT2D eigenvalue weighted by atomic mass is 10.0. The molecule has 0 bridgehead atoms. The Morgan fingerprint density at radius 3 is 2.41 bits per heavy atom. The molecule has 1 N–H and O–H groups in total. The largest absolute Gasteiger partial charge is 0.384 e. The summed E-state index contributed by atoms with van der Waals surface area (Å²) in [6.45, 7) is 1.56. The molecule has 0 saturated carbocycles. The molecule has 0 radical (unpaired) electrons. The van der Waals surface area contributed by atoms with E-state index < -0.39 is 21.8 Å². The van der Waals surface area contributed by atoms with Gasteiger partial charge in [-0.05, 0) is 29.8 Å². The number of halogens is 3. The number of aliphatic hydroxyl groups excluding tert-OH is 1. The van der Waals surface area contributed by atoms with E-state index >= 15 is 0 Å². The number of hydrogen-bond acceptors (Lipinski definition) is 3. The average Bonchev–Trinajstić information content (AvgIpc) is 2.46. The maximum absolute atomic E-state index is 13.1. The van der Waals surface area contributed by atoms with Crippen molar-refractivity contribution in [2.45, 2.75) is 17.9 Å². The van der Waals surface area contributed by atoms with Crippen LogP contribution in [0.5, 0.6) is 0 Å². The van der Waals surface area contributed by atoms with Crippen molar-refractivity contribution in [2.75, 3.05) is 5.75 Å². The second-order valence-corrected chi connectivity index (χ2v) is 8.19. The van der Waals surface area contributed by atoms with Crippen LogP contribution in [-0.4, -0.2) is 19.3 Å². The molecule has 3 nitrogen and oxygen atoms in total. The highest BCUT2D eigenvalue weighted by molar-refractivity contribution is 9.10. The van der Waals surface area contributed by atoms with Crippen molar-refractivity contribution >= 4 is 37.4 Å². The van der Waals surface area contributed by atoms with Crippen molar-refractivity contribution in [3.63, 3.8) is 0 Å². The van der Waals surface area contributed by atoms with Crippen LogP contribution in [0.1, 0.15) is 24.2 Å². The first-order valence-corrected chi connectivity index (χ1v) is 9.24. The fourth-order valence-corrected chi connectivity index (χ4v) is 3.90. The molecule has 1 unspecified atom stereocenters. The first kappa shape index (κ1) is 17.4. The lowest BCUT2D eigenvalue weighted by Crippen LogP contribution is -2.06. The predicted molar refractivity (Wildman–Crippen MR) is 87.3 cm³/mol. The van der Waals surface area contributed by atoms with Gasteiger partial charge in [0.1, 0.15) is 11.9 Å². The van der Waals surface area contributed by atoms with Crippen molar-refractivity contribution in [2.24, 2.45) is 0 Å². The third-order valence-electron chi connectivity index (χ3n) is 3.26. The first-order chi connectivity index (χ1) is 10.3. The summed E-state index contributed by atoms with van der Waals surface area (Å²) in [4.78, 5) is 0.169. The fraction of sp³-hybridized carbons (Fsp3) is 0.200. The molecule has 0 aliphatic rings. The molecule has 0 heterocycles. The SMILES string of the molecule is CCS(=O)(=O)c1ccc(C(O)c2ccc(F)cc2Cl)c(Br)c1. The second-order valence-electron chi connectivity index (χ2n) is 4.66. The molecular formula is C15H13BrClFO3S. The van der Waals surface area contributed by atoms with Crippen LogP contribution in [0.4, 0.5) is 4.39 Å². The zero-order valence-corrected chi connectivity index (χ0v) is 14.7. The number of rotatable bonds is 4. The third kappa shape index (κ3) is 3.51. The maximum Gasteiger partial charge on any atom is 0.178 e. The molecule has 22 heavy (non-hydrogen) atoms. The summed E-state index contributed by atoms with van der Waals surface area (Å²) in [7, 11) is -3.33. The van der Waals surface area contributed by atoms with Gasteiger partial charge in [-0.3, -0.25) is 0 Å². The first-order valence-electron chi connectivity index (χ1n) is 6.41. The minimum Gasteiger partial charge on any atom is -0.384 e. The van der Waals surface area contributed by atoms with Crippen LogP contribution in [0.2, 0.25) is 5.02 Å². The lowest BCUT2D eigenvalue weighted by molar-refractivity contribution is 0.219. The van der Waals surface area contributed by atoms with Crippen LogP contribution in [0.3, 0.4) is 0 Å². The maximum atomic E-state index is 13.1. The second kappa shape index (κ2) is 6.66. The Morgan fingerprint density at radius 1 is 1.23 bits per heavy atom. The Morgan fingerprint density at radius 2 is 1.86 bits per heavy atom. The van der Waals surface area contributed by atoms with Gasteiger partial charge in [0.15, 0.2) is 9.84 Å². The van der Waals surface area contributed by atoms with Crippen molar-refractivity contribution in [1.29, 1.82) is 0 Å². The quantitative estimate of drug-likeness (QED) is 0.829. The van der Waals surface area contributed by atoms with Crippen molar-refractivity contribution in [3.8, 4) is 0 Å². The zero-order valence-electron chi connectivity index (χ0n) is 11.6. The molecule has 0 amide bonds. The standard InChI is InChI=1S/C15H13BrClFO3S/c1-2-22(20,21)10-4-6-11(13(16)8-10)15(19)12-5-3-9(18)7-14(12)17/h3-8,15,19H,2H2,1H3. The van der Waals surface area contributed by atoms with Crippen molar-refractivity contribution in [3.05, 3.63) is 62.8 Å². The van der Waals surface area contributed by atoms with Crippen LogP contribution in [0.15, 0.2) is 45.8 Å². The third-order valence-corrected chi connectivity index (χ3v) is 6.01. The van der Waals surface area contributed by atoms with Crippen molar-refractivity contribution in [1.82, 2.24) is 0 Å². The highest BCUT2D eigenvalue weighted by Gasteiger charge is 2.19. The topological polar surface area (TPSA) is 54.4 Å². The summed E-state index contributed by atoms with van der Waals surface area (Å²) in [5.41, 5.74) is 0.790. The van der Waals surface area contributed by atoms with E-state index in [2.05, 4.69) is 15.9 Å². The summed E-state index contributed by atoms with van der Waals surface area (Å²) in [5, 5.41) is 10.5. The zero-order chi connectivity index (χ0) is 16.5. The summed E-state index contributed by atoms with van der Waals surface area (Å²) in [6, 6.07) is 8.09. The molecule has 0 aromatic heterocycles. The Hall–Kier alpha value is -0.950. The Bertz CT molecular complexity index is 808. The van der Waals surface area contributed by atoms with E-state index in [1.807, 2.05) is 0 Å². The van der Waals surface area contributed by atoms with Gasteiger partial charge in [0.25, 0.3) is 0 Å². The van der Waals surface area contributed by atoms with E-state index in [0.717, 1.165) is 6.07 Å². The van der Waals surface area contributed by atoms with Crippen molar-refractivity contribution < 1.29 is 17.9 Å². The Balaban J connectivity index is 2.45. The number of benzene rings is 2. The summed E-state index contributed by atoms with van der Waals surface area (Å²) < 4.78 is 37.2. The molecule has 2 aromatic carbocycles. The summed E-state index contributed by atoms with van der Waals surface area (Å²) in [5.74, 6) is -0.505. The molecule has 0 aliphatic carbocycles. The monoisotopic (exact) mass is 406 g/mol. The molecule has 0 aliphatic heterocycles. The Labute approximate surface area is 141 Å². The Kier molecular flexibility index (Phi) is 5.27. The molecule has 2 aromatic rings. The van der Waals surface area contributed by atoms with E-state index in [0.29, 0.717) is 15.6 Å². The smallest absolute Gasteiger partial charge is 0.178 e. The van der Waals surface area contributed by atoms with Gasteiger partial charge < -0.3 is 5.11 Å². The van der Waals surface area contributed by atoms with Gasteiger partial charge in [0, 0.05) is 15.1 Å². The summed E-state index contributed by atoms with van der Waals surface area (Å²) in [6.07, 6.45) is -1.10. The minimum absolute atomic E-state index is 0.00880. The van der Waals surface area contributed by atoms with Crippen LogP contribution in [-0.2, 0) is 9.84 Å². The minimum atomic E-state index is -3.33. The fourth-order valence-electron chi connectivity index (χ4n) is 1.98. The highest BCUT2D eigenvalue weighted by atomic mass is 79.9. The van der Waals surface area contributed by atoms with E-state index in [9.17, 15) is 17.9 Å². The van der Waals surface area contributed by atoms with Crippen LogP contribution in [0, 0.1) is 5.82 Å². The van der Waals surface area contributed by atoms with E-state index in [1.165, 1.54) is 30.3 Å². The molecule has 118 valence electrons. The van der Waals surface area contributed by atoms with Crippen LogP contribution in [0.25, 0.3) is 0 Å². The van der Waals surface area contributed by atoms with Gasteiger partial charge in [0.05, 0.1) is 10.6 Å². The van der Waals surface area contributed by atoms with Crippen LogP contribution < -0.4 is 0 Å². The van der Waals surface area contributed by atoms with E-state index in [-0.39, 0.29) is 15.7 Å². The predicted octanol–water partition coefficient (Wildman–Crippen LogP) is 4.12. The number of sulfone groups is 1. The van der Waals surface area contributed by atoms with E-state index in [4.69, 9.17) is 11.6 Å². The highest BCUT2D eigenvalue weighted by Crippen LogP contribution is 2.34. The normalized spacial score (nSPS) is 13.1. The molecule has 0 saturated heterocycles. The molecule has 1 atom stereocenters. The number of hydrogen-bond donors (Lipinski definition) is 1. The van der Waals surface area contributed by atoms with Gasteiger partial charge in [-0.25, -0.2) is 12.8 Å². The van der Waals surface area contributed by atoms with Gasteiger partial charge in [-0.2, -0.15) is 0 Å². The van der Waals surface area contributed by atoms with Crippen LogP contribution >= 0.6 is 27.5 Å². The van der Waals surface area contributed by atoms with Gasteiger partial charge in [-0.1, -0.05) is 46.6 Å². The van der Waals surface area contributed by atoms with Gasteiger partial charge in [0.2, 0.25) is 0 Å². The molecule has 0 spiro atoms. The average molecular weight is 408 g/mol. The molecular weight excluding hydrogens is 395 g/mol. The van der Waals surface area contributed by atoms with Gasteiger partial charge >= 0.3 is 0 Å². The van der Waals surface area contributed by atoms with Gasteiger partial charge in [-0.15, -0.1) is 0 Å². The molecule has 2 rings (SSSR count). The number of aliphatic hydroxyl groups is 1. The van der Waals surface area contributed by atoms with E-state index in [1.54, 1.807) is 6.92 Å².